The molecule has 2 rings (SSSR count). The van der Waals surface area contributed by atoms with Gasteiger partial charge in [-0.15, -0.1) is 0 Å². The summed E-state index contributed by atoms with van der Waals surface area (Å²) in [7, 11) is 0. The van der Waals surface area contributed by atoms with E-state index in [4.69, 9.17) is 0 Å². The lowest BCUT2D eigenvalue weighted by atomic mass is 9.71. The van der Waals surface area contributed by atoms with Crippen molar-refractivity contribution in [1.29, 1.82) is 0 Å². The van der Waals surface area contributed by atoms with Crippen molar-refractivity contribution in [3.8, 4) is 0 Å². The minimum atomic E-state index is 0.413. The van der Waals surface area contributed by atoms with Crippen LogP contribution >= 0.6 is 0 Å². The number of hydrogen-bond acceptors (Lipinski definition) is 4. The molecule has 0 radical (unpaired) electrons. The first-order valence-electron chi connectivity index (χ1n) is 6.88. The van der Waals surface area contributed by atoms with Crippen LogP contribution in [0.25, 0.3) is 0 Å². The minimum Gasteiger partial charge on any atom is -0.211 e. The van der Waals surface area contributed by atoms with E-state index < -0.39 is 0 Å². The number of isocyanates is 2. The predicted octanol–water partition coefficient (Wildman–Crippen LogP) is 2.63. The number of fused-ring (bicyclic) bond motifs is 2. The van der Waals surface area contributed by atoms with E-state index >= 15 is 0 Å². The quantitative estimate of drug-likeness (QED) is 0.395. The molecule has 0 N–H and O–H groups in total. The number of carbonyl (C=O) groups excluding carboxylic acids is 2. The molecule has 4 nitrogen and oxygen atoms in total. The van der Waals surface area contributed by atoms with Crippen molar-refractivity contribution in [3.05, 3.63) is 0 Å². The van der Waals surface area contributed by atoms with Gasteiger partial charge >= 0.3 is 0 Å². The molecule has 0 heterocycles. The fourth-order valence-corrected chi connectivity index (χ4v) is 4.14. The van der Waals surface area contributed by atoms with Crippen LogP contribution in [0.5, 0.6) is 0 Å². The maximum atomic E-state index is 10.2. The highest BCUT2D eigenvalue weighted by atomic mass is 16.1. The molecule has 0 spiro atoms. The second kappa shape index (κ2) is 6.08. The van der Waals surface area contributed by atoms with Crippen molar-refractivity contribution in [2.75, 3.05) is 13.1 Å². The number of rotatable bonds is 7. The first kappa shape index (κ1) is 13.2. The fourth-order valence-electron chi connectivity index (χ4n) is 4.14. The summed E-state index contributed by atoms with van der Waals surface area (Å²) in [5, 5.41) is 0. The monoisotopic (exact) mass is 248 g/mol. The molecule has 98 valence electrons. The fraction of sp³-hybridized carbons (Fsp3) is 0.857. The molecular formula is C14H20N2O2. The lowest BCUT2D eigenvalue weighted by Gasteiger charge is -2.35. The highest BCUT2D eigenvalue weighted by Gasteiger charge is 2.50. The summed E-state index contributed by atoms with van der Waals surface area (Å²) in [6, 6.07) is 0. The maximum absolute atomic E-state index is 10.2. The lowest BCUT2D eigenvalue weighted by molar-refractivity contribution is 0.160. The van der Waals surface area contributed by atoms with Gasteiger partial charge in [-0.2, -0.15) is 0 Å². The minimum absolute atomic E-state index is 0.413. The standard InChI is InChI=1S/C14H20N2O2/c17-10-15-6-1-2-13-8-12-3-4-14(13,9-12)5-7-16-11-18/h12-13H,1-9H2. The van der Waals surface area contributed by atoms with E-state index in [0.29, 0.717) is 18.5 Å². The van der Waals surface area contributed by atoms with E-state index in [-0.39, 0.29) is 0 Å². The third-order valence-electron chi connectivity index (χ3n) is 4.90. The Morgan fingerprint density at radius 3 is 2.67 bits per heavy atom. The van der Waals surface area contributed by atoms with Crippen LogP contribution in [0, 0.1) is 17.3 Å². The Kier molecular flexibility index (Phi) is 4.46. The van der Waals surface area contributed by atoms with Gasteiger partial charge < -0.3 is 0 Å². The van der Waals surface area contributed by atoms with Crippen molar-refractivity contribution in [2.24, 2.45) is 27.2 Å². The molecule has 2 saturated carbocycles. The van der Waals surface area contributed by atoms with Crippen molar-refractivity contribution in [2.45, 2.75) is 44.9 Å². The summed E-state index contributed by atoms with van der Waals surface area (Å²) in [6.45, 7) is 1.23. The van der Waals surface area contributed by atoms with Crippen molar-refractivity contribution < 1.29 is 9.59 Å². The zero-order valence-electron chi connectivity index (χ0n) is 10.7. The third-order valence-corrected chi connectivity index (χ3v) is 4.90. The Hall–Kier alpha value is -1.24. The molecule has 2 bridgehead atoms. The third kappa shape index (κ3) is 2.77. The van der Waals surface area contributed by atoms with Crippen LogP contribution < -0.4 is 0 Å². The SMILES string of the molecule is O=C=NCCCC1CC2CCC1(CCN=C=O)C2. The van der Waals surface area contributed by atoms with Crippen molar-refractivity contribution in [3.63, 3.8) is 0 Å². The molecule has 3 atom stereocenters. The normalized spacial score (nSPS) is 32.9. The van der Waals surface area contributed by atoms with Crippen LogP contribution in [-0.4, -0.2) is 25.2 Å². The van der Waals surface area contributed by atoms with Crippen LogP contribution in [0.15, 0.2) is 9.98 Å². The average molecular weight is 248 g/mol. The summed E-state index contributed by atoms with van der Waals surface area (Å²) >= 11 is 0. The van der Waals surface area contributed by atoms with Gasteiger partial charge in [-0.05, 0) is 62.2 Å². The molecule has 0 amide bonds. The molecule has 2 aliphatic rings. The van der Waals surface area contributed by atoms with Gasteiger partial charge in [0, 0.05) is 0 Å². The maximum Gasteiger partial charge on any atom is 0.234 e. The molecule has 2 fully saturated rings. The van der Waals surface area contributed by atoms with Gasteiger partial charge in [-0.25, -0.2) is 19.6 Å². The zero-order chi connectivity index (χ0) is 12.8. The Morgan fingerprint density at radius 1 is 1.17 bits per heavy atom. The smallest absolute Gasteiger partial charge is 0.211 e. The summed E-state index contributed by atoms with van der Waals surface area (Å²) in [6.07, 6.45) is 11.6. The van der Waals surface area contributed by atoms with Crippen molar-refractivity contribution in [1.82, 2.24) is 0 Å². The largest absolute Gasteiger partial charge is 0.234 e. The Balaban J connectivity index is 1.88. The predicted molar refractivity (Wildman–Crippen MR) is 67.7 cm³/mol. The van der Waals surface area contributed by atoms with E-state index in [1.54, 1.807) is 12.2 Å². The van der Waals surface area contributed by atoms with Crippen LogP contribution in [0.2, 0.25) is 0 Å². The van der Waals surface area contributed by atoms with Gasteiger partial charge in [-0.1, -0.05) is 0 Å². The van der Waals surface area contributed by atoms with Gasteiger partial charge in [0.1, 0.15) is 0 Å². The van der Waals surface area contributed by atoms with E-state index in [0.717, 1.165) is 31.1 Å². The first-order chi connectivity index (χ1) is 8.80. The molecule has 0 saturated heterocycles. The number of hydrogen-bond donors (Lipinski definition) is 0. The molecular weight excluding hydrogens is 228 g/mol. The van der Waals surface area contributed by atoms with E-state index in [1.807, 2.05) is 0 Å². The van der Waals surface area contributed by atoms with Gasteiger partial charge in [0.15, 0.2) is 0 Å². The molecule has 4 heteroatoms. The first-order valence-corrected chi connectivity index (χ1v) is 6.88. The topological polar surface area (TPSA) is 58.9 Å². The van der Waals surface area contributed by atoms with Crippen LogP contribution in [-0.2, 0) is 9.59 Å². The van der Waals surface area contributed by atoms with Crippen LogP contribution in [0.4, 0.5) is 0 Å². The lowest BCUT2D eigenvalue weighted by Crippen LogP contribution is -2.26. The molecule has 0 aromatic heterocycles. The molecule has 0 aromatic carbocycles. The van der Waals surface area contributed by atoms with E-state index in [1.165, 1.54) is 25.7 Å². The number of aliphatic imine (C=N–C) groups is 2. The second-order valence-electron chi connectivity index (χ2n) is 5.74. The van der Waals surface area contributed by atoms with Crippen molar-refractivity contribution >= 4 is 12.2 Å². The summed E-state index contributed by atoms with van der Waals surface area (Å²) in [4.78, 5) is 27.5. The zero-order valence-corrected chi connectivity index (χ0v) is 10.7. The molecule has 0 aromatic rings. The average Bonchev–Trinajstić information content (AvgIpc) is 2.93. The van der Waals surface area contributed by atoms with E-state index in [2.05, 4.69) is 9.98 Å². The van der Waals surface area contributed by atoms with Gasteiger partial charge in [0.2, 0.25) is 12.2 Å². The Morgan fingerprint density at radius 2 is 1.94 bits per heavy atom. The molecule has 3 unspecified atom stereocenters. The van der Waals surface area contributed by atoms with Crippen LogP contribution in [0.1, 0.15) is 44.9 Å². The highest BCUT2D eigenvalue weighted by molar-refractivity contribution is 5.33. The number of nitrogens with zero attached hydrogens (tertiary/aromatic N) is 2. The second-order valence-corrected chi connectivity index (χ2v) is 5.74. The Labute approximate surface area is 108 Å². The summed E-state index contributed by atoms with van der Waals surface area (Å²) < 4.78 is 0. The van der Waals surface area contributed by atoms with Crippen LogP contribution in [0.3, 0.4) is 0 Å². The van der Waals surface area contributed by atoms with Gasteiger partial charge in [0.25, 0.3) is 0 Å². The summed E-state index contributed by atoms with van der Waals surface area (Å²) in [5.74, 6) is 1.62. The Bertz CT molecular complexity index is 383. The highest BCUT2D eigenvalue weighted by Crippen LogP contribution is 2.60. The molecule has 0 aliphatic heterocycles. The summed E-state index contributed by atoms with van der Waals surface area (Å²) in [5.41, 5.74) is 0.413. The van der Waals surface area contributed by atoms with E-state index in [9.17, 15) is 9.59 Å². The van der Waals surface area contributed by atoms with Gasteiger partial charge in [0.05, 0.1) is 13.1 Å². The van der Waals surface area contributed by atoms with Gasteiger partial charge in [-0.3, -0.25) is 0 Å². The molecule has 18 heavy (non-hydrogen) atoms. The molecule has 2 aliphatic carbocycles.